The van der Waals surface area contributed by atoms with Crippen LogP contribution in [0.3, 0.4) is 0 Å². The molecule has 2 rings (SSSR count). The number of nitrogens with zero attached hydrogens (tertiary/aromatic N) is 2. The molecule has 2 nitrogen and oxygen atoms in total. The molecule has 0 radical (unpaired) electrons. The molecule has 0 aliphatic heterocycles. The van der Waals surface area contributed by atoms with Crippen molar-refractivity contribution >= 4 is 28.9 Å². The van der Waals surface area contributed by atoms with E-state index >= 15 is 0 Å². The number of hydrogen-bond donors (Lipinski definition) is 0. The number of benzene rings is 1. The van der Waals surface area contributed by atoms with Crippen molar-refractivity contribution in [3.63, 3.8) is 0 Å². The van der Waals surface area contributed by atoms with Crippen molar-refractivity contribution in [2.24, 2.45) is 15.9 Å². The average Bonchev–Trinajstić information content (AvgIpc) is 2.48. The molecule has 0 saturated heterocycles. The summed E-state index contributed by atoms with van der Waals surface area (Å²) < 4.78 is 0. The quantitative estimate of drug-likeness (QED) is 0.663. The average molecular weight is 312 g/mol. The third-order valence-corrected chi connectivity index (χ3v) is 4.40. The van der Waals surface area contributed by atoms with Gasteiger partial charge >= 0.3 is 0 Å². The van der Waals surface area contributed by atoms with Gasteiger partial charge in [-0.05, 0) is 50.1 Å². The minimum absolute atomic E-state index is 0.301. The van der Waals surface area contributed by atoms with E-state index in [4.69, 9.17) is 9.98 Å². The van der Waals surface area contributed by atoms with E-state index in [-0.39, 0.29) is 0 Å². The second-order valence-electron chi connectivity index (χ2n) is 6.03. The molecule has 116 valence electrons. The van der Waals surface area contributed by atoms with Gasteiger partial charge in [-0.1, -0.05) is 32.0 Å². The van der Waals surface area contributed by atoms with Gasteiger partial charge in [0, 0.05) is 16.7 Å². The topological polar surface area (TPSA) is 24.7 Å². The van der Waals surface area contributed by atoms with Crippen molar-refractivity contribution in [2.45, 2.75) is 33.7 Å². The molecule has 0 unspecified atom stereocenters. The van der Waals surface area contributed by atoms with Crippen molar-refractivity contribution in [1.82, 2.24) is 0 Å². The molecule has 0 saturated carbocycles. The molecule has 1 aromatic carbocycles. The van der Waals surface area contributed by atoms with Gasteiger partial charge in [-0.25, -0.2) is 4.99 Å². The summed E-state index contributed by atoms with van der Waals surface area (Å²) in [6, 6.07) is 10.4. The van der Waals surface area contributed by atoms with Crippen LogP contribution in [0.4, 0.5) is 5.69 Å². The first-order valence-electron chi connectivity index (χ1n) is 7.79. The van der Waals surface area contributed by atoms with Crippen LogP contribution in [-0.4, -0.2) is 23.2 Å². The minimum Gasteiger partial charge on any atom is -0.281 e. The second kappa shape index (κ2) is 8.14. The lowest BCUT2D eigenvalue weighted by Crippen LogP contribution is -2.10. The molecule has 1 aromatic rings. The molecule has 1 aliphatic rings. The van der Waals surface area contributed by atoms with E-state index in [0.717, 1.165) is 22.9 Å². The Balaban J connectivity index is 2.26. The van der Waals surface area contributed by atoms with E-state index in [1.54, 1.807) is 0 Å². The molecule has 0 fully saturated rings. The van der Waals surface area contributed by atoms with Crippen LogP contribution in [0.15, 0.2) is 63.4 Å². The SMILES string of the molecule is CC(C)CSC1=CC(=Nc2ccccc2)C=CC1=NC(C)C. The molecule has 1 aliphatic carbocycles. The van der Waals surface area contributed by atoms with Gasteiger partial charge in [0.15, 0.2) is 0 Å². The zero-order valence-corrected chi connectivity index (χ0v) is 14.6. The smallest absolute Gasteiger partial charge is 0.0714 e. The number of hydrogen-bond acceptors (Lipinski definition) is 3. The van der Waals surface area contributed by atoms with Gasteiger partial charge < -0.3 is 0 Å². The summed E-state index contributed by atoms with van der Waals surface area (Å²) in [5.74, 6) is 1.75. The molecule has 22 heavy (non-hydrogen) atoms. The summed E-state index contributed by atoms with van der Waals surface area (Å²) in [6.07, 6.45) is 6.29. The molecule has 0 aromatic heterocycles. The Labute approximate surface area is 138 Å². The van der Waals surface area contributed by atoms with E-state index < -0.39 is 0 Å². The predicted molar refractivity (Wildman–Crippen MR) is 101 cm³/mol. The molecule has 0 N–H and O–H groups in total. The number of rotatable bonds is 5. The first-order chi connectivity index (χ1) is 10.5. The second-order valence-corrected chi connectivity index (χ2v) is 7.09. The molecule has 0 spiro atoms. The van der Waals surface area contributed by atoms with Crippen LogP contribution >= 0.6 is 11.8 Å². The molecule has 0 heterocycles. The normalized spacial score (nSPS) is 18.5. The summed E-state index contributed by atoms with van der Waals surface area (Å²) in [4.78, 5) is 10.6. The highest BCUT2D eigenvalue weighted by Gasteiger charge is 2.12. The monoisotopic (exact) mass is 312 g/mol. The zero-order chi connectivity index (χ0) is 15.9. The Kier molecular flexibility index (Phi) is 6.20. The van der Waals surface area contributed by atoms with Crippen LogP contribution in [-0.2, 0) is 0 Å². The summed E-state index contributed by atoms with van der Waals surface area (Å²) in [5.41, 5.74) is 3.05. The van der Waals surface area contributed by atoms with Gasteiger partial charge in [-0.15, -0.1) is 11.8 Å². The molecule has 3 heteroatoms. The minimum atomic E-state index is 0.301. The third kappa shape index (κ3) is 5.30. The summed E-state index contributed by atoms with van der Waals surface area (Å²) in [7, 11) is 0. The molecular weight excluding hydrogens is 288 g/mol. The van der Waals surface area contributed by atoms with Crippen LogP contribution in [0.5, 0.6) is 0 Å². The van der Waals surface area contributed by atoms with Crippen LogP contribution < -0.4 is 0 Å². The molecule has 0 bridgehead atoms. The zero-order valence-electron chi connectivity index (χ0n) is 13.8. The number of para-hydroxylation sites is 1. The Morgan fingerprint density at radius 3 is 2.36 bits per heavy atom. The largest absolute Gasteiger partial charge is 0.281 e. The fraction of sp³-hybridized carbons (Fsp3) is 0.368. The standard InChI is InChI=1S/C19H24N2S/c1-14(2)13-22-19-12-17(10-11-18(19)20-15(3)4)21-16-8-6-5-7-9-16/h5-12,14-15H,13H2,1-4H3. The first kappa shape index (κ1) is 16.8. The predicted octanol–water partition coefficient (Wildman–Crippen LogP) is 5.45. The van der Waals surface area contributed by atoms with Gasteiger partial charge in [0.2, 0.25) is 0 Å². The Hall–Kier alpha value is -1.61. The van der Waals surface area contributed by atoms with Crippen molar-refractivity contribution in [3.8, 4) is 0 Å². The van der Waals surface area contributed by atoms with Gasteiger partial charge in [0.05, 0.1) is 17.1 Å². The number of aliphatic imine (C=N–C) groups is 2. The summed E-state index contributed by atoms with van der Waals surface area (Å²) in [5, 5.41) is 0. The maximum atomic E-state index is 4.72. The van der Waals surface area contributed by atoms with Crippen molar-refractivity contribution in [1.29, 1.82) is 0 Å². The van der Waals surface area contributed by atoms with Crippen LogP contribution in [0.1, 0.15) is 27.7 Å². The maximum Gasteiger partial charge on any atom is 0.0714 e. The lowest BCUT2D eigenvalue weighted by Gasteiger charge is -2.14. The van der Waals surface area contributed by atoms with Crippen molar-refractivity contribution < 1.29 is 0 Å². The van der Waals surface area contributed by atoms with Gasteiger partial charge in [0.1, 0.15) is 0 Å². The van der Waals surface area contributed by atoms with E-state index in [2.05, 4.69) is 39.8 Å². The van der Waals surface area contributed by atoms with Crippen molar-refractivity contribution in [2.75, 3.05) is 5.75 Å². The van der Waals surface area contributed by atoms with E-state index in [0.29, 0.717) is 12.0 Å². The van der Waals surface area contributed by atoms with Gasteiger partial charge in [-0.2, -0.15) is 0 Å². The van der Waals surface area contributed by atoms with Crippen molar-refractivity contribution in [3.05, 3.63) is 53.5 Å². The molecule has 0 amide bonds. The van der Waals surface area contributed by atoms with E-state index in [1.165, 1.54) is 4.91 Å². The van der Waals surface area contributed by atoms with E-state index in [1.807, 2.05) is 48.2 Å². The Morgan fingerprint density at radius 1 is 1.00 bits per heavy atom. The summed E-state index contributed by atoms with van der Waals surface area (Å²) in [6.45, 7) is 8.70. The summed E-state index contributed by atoms with van der Waals surface area (Å²) >= 11 is 1.87. The third-order valence-electron chi connectivity index (χ3n) is 2.93. The lowest BCUT2D eigenvalue weighted by atomic mass is 10.1. The highest BCUT2D eigenvalue weighted by molar-refractivity contribution is 8.04. The highest BCUT2D eigenvalue weighted by Crippen LogP contribution is 2.25. The molecule has 0 atom stereocenters. The fourth-order valence-corrected chi connectivity index (χ4v) is 2.97. The van der Waals surface area contributed by atoms with Crippen LogP contribution in [0, 0.1) is 5.92 Å². The van der Waals surface area contributed by atoms with Gasteiger partial charge in [0.25, 0.3) is 0 Å². The van der Waals surface area contributed by atoms with E-state index in [9.17, 15) is 0 Å². The fourth-order valence-electron chi connectivity index (χ4n) is 1.98. The first-order valence-corrected chi connectivity index (χ1v) is 8.77. The van der Waals surface area contributed by atoms with Gasteiger partial charge in [-0.3, -0.25) is 4.99 Å². The maximum absolute atomic E-state index is 4.72. The van der Waals surface area contributed by atoms with Crippen LogP contribution in [0.2, 0.25) is 0 Å². The molecular formula is C19H24N2S. The van der Waals surface area contributed by atoms with Crippen LogP contribution in [0.25, 0.3) is 0 Å². The number of allylic oxidation sites excluding steroid dienone is 4. The Morgan fingerprint density at radius 2 is 1.73 bits per heavy atom. The highest BCUT2D eigenvalue weighted by atomic mass is 32.2. The number of thioether (sulfide) groups is 1. The lowest BCUT2D eigenvalue weighted by molar-refractivity contribution is 0.751. The Bertz CT molecular complexity index is 608.